The van der Waals surface area contributed by atoms with E-state index in [-0.39, 0.29) is 23.6 Å². The summed E-state index contributed by atoms with van der Waals surface area (Å²) in [5.41, 5.74) is 5.77. The van der Waals surface area contributed by atoms with Crippen LogP contribution in [0.1, 0.15) is 12.8 Å². The summed E-state index contributed by atoms with van der Waals surface area (Å²) in [5.74, 6) is 0. The van der Waals surface area contributed by atoms with Crippen molar-refractivity contribution in [2.24, 2.45) is 5.73 Å². The second kappa shape index (κ2) is 7.06. The average Bonchev–Trinajstić information content (AvgIpc) is 2.48. The fourth-order valence-corrected chi connectivity index (χ4v) is 5.66. The van der Waals surface area contributed by atoms with Crippen LogP contribution in [0.25, 0.3) is 0 Å². The first kappa shape index (κ1) is 17.4. The number of methoxy groups -OCH3 is 1. The summed E-state index contributed by atoms with van der Waals surface area (Å²) in [5, 5.41) is 0. The van der Waals surface area contributed by atoms with Crippen molar-refractivity contribution in [3.05, 3.63) is 27.1 Å². The van der Waals surface area contributed by atoms with Crippen LogP contribution < -0.4 is 5.73 Å². The highest BCUT2D eigenvalue weighted by Gasteiger charge is 2.37. The molecule has 1 heterocycles. The van der Waals surface area contributed by atoms with Crippen LogP contribution in [0.2, 0.25) is 0 Å². The number of hydrogen-bond donors (Lipinski definition) is 1. The number of ether oxygens (including phenoxy) is 1. The van der Waals surface area contributed by atoms with E-state index in [1.165, 1.54) is 4.31 Å². The van der Waals surface area contributed by atoms with Gasteiger partial charge in [0.2, 0.25) is 10.0 Å². The van der Waals surface area contributed by atoms with Gasteiger partial charge in [-0.2, -0.15) is 4.31 Å². The second-order valence-electron chi connectivity index (χ2n) is 4.96. The van der Waals surface area contributed by atoms with Crippen LogP contribution in [-0.2, 0) is 14.8 Å². The Balaban J connectivity index is 2.36. The molecule has 0 saturated carbocycles. The lowest BCUT2D eigenvalue weighted by Crippen LogP contribution is -2.51. The van der Waals surface area contributed by atoms with Gasteiger partial charge in [0.15, 0.2) is 0 Å². The third-order valence-electron chi connectivity index (χ3n) is 3.70. The van der Waals surface area contributed by atoms with E-state index in [0.717, 1.165) is 4.47 Å². The largest absolute Gasteiger partial charge is 0.381 e. The fraction of sp³-hybridized carbons (Fsp3) is 0.538. The molecule has 2 atom stereocenters. The fourth-order valence-electron chi connectivity index (χ4n) is 2.54. The lowest BCUT2D eigenvalue weighted by Gasteiger charge is -2.37. The topological polar surface area (TPSA) is 72.6 Å². The van der Waals surface area contributed by atoms with Gasteiger partial charge in [-0.3, -0.25) is 0 Å². The van der Waals surface area contributed by atoms with E-state index >= 15 is 0 Å². The summed E-state index contributed by atoms with van der Waals surface area (Å²) in [4.78, 5) is 0.256. The molecular formula is C13H18Br2N2O3S. The molecule has 0 aliphatic carbocycles. The van der Waals surface area contributed by atoms with E-state index in [4.69, 9.17) is 10.5 Å². The molecule has 2 N–H and O–H groups in total. The second-order valence-corrected chi connectivity index (χ2v) is 8.59. The minimum atomic E-state index is -3.59. The number of benzene rings is 1. The Bertz CT molecular complexity index is 609. The van der Waals surface area contributed by atoms with Gasteiger partial charge in [0.05, 0.1) is 11.0 Å². The Kier molecular flexibility index (Phi) is 5.84. The van der Waals surface area contributed by atoms with Gasteiger partial charge >= 0.3 is 0 Å². The van der Waals surface area contributed by atoms with Crippen molar-refractivity contribution < 1.29 is 13.2 Å². The predicted molar refractivity (Wildman–Crippen MR) is 88.6 cm³/mol. The third kappa shape index (κ3) is 3.68. The molecule has 1 fully saturated rings. The summed E-state index contributed by atoms with van der Waals surface area (Å²) in [6.07, 6.45) is 1.37. The van der Waals surface area contributed by atoms with Crippen molar-refractivity contribution in [1.82, 2.24) is 4.31 Å². The smallest absolute Gasteiger partial charge is 0.244 e. The maximum absolute atomic E-state index is 12.9. The minimum absolute atomic E-state index is 0.0657. The molecule has 2 rings (SSSR count). The summed E-state index contributed by atoms with van der Waals surface area (Å²) in [6, 6.07) is 4.88. The molecule has 0 radical (unpaired) electrons. The molecule has 1 aromatic carbocycles. The molecule has 2 unspecified atom stereocenters. The number of hydrogen-bond acceptors (Lipinski definition) is 4. The Labute approximate surface area is 142 Å². The van der Waals surface area contributed by atoms with Gasteiger partial charge in [0, 0.05) is 35.2 Å². The molecule has 1 aliphatic heterocycles. The minimum Gasteiger partial charge on any atom is -0.381 e. The van der Waals surface area contributed by atoms with Crippen molar-refractivity contribution in [1.29, 1.82) is 0 Å². The molecule has 118 valence electrons. The van der Waals surface area contributed by atoms with Crippen LogP contribution in [-0.4, -0.2) is 45.1 Å². The molecule has 0 spiro atoms. The summed E-state index contributed by atoms with van der Waals surface area (Å²) >= 11 is 6.63. The number of halogens is 2. The van der Waals surface area contributed by atoms with Crippen molar-refractivity contribution >= 4 is 41.9 Å². The van der Waals surface area contributed by atoms with E-state index < -0.39 is 10.0 Å². The van der Waals surface area contributed by atoms with E-state index in [1.54, 1.807) is 25.3 Å². The van der Waals surface area contributed by atoms with Crippen LogP contribution in [0, 0.1) is 0 Å². The zero-order chi connectivity index (χ0) is 15.6. The van der Waals surface area contributed by atoms with Gasteiger partial charge in [-0.25, -0.2) is 8.42 Å². The van der Waals surface area contributed by atoms with E-state index in [0.29, 0.717) is 23.9 Å². The van der Waals surface area contributed by atoms with E-state index in [1.807, 2.05) is 0 Å². The van der Waals surface area contributed by atoms with Gasteiger partial charge in [0.1, 0.15) is 0 Å². The third-order valence-corrected chi connectivity index (χ3v) is 7.14. The number of nitrogens with zero attached hydrogens (tertiary/aromatic N) is 1. The molecule has 5 nitrogen and oxygen atoms in total. The number of piperidine rings is 1. The lowest BCUT2D eigenvalue weighted by molar-refractivity contribution is 0.0401. The Morgan fingerprint density at radius 2 is 2.14 bits per heavy atom. The first-order valence-corrected chi connectivity index (χ1v) is 9.62. The zero-order valence-corrected chi connectivity index (χ0v) is 15.6. The molecule has 1 aliphatic rings. The SMILES string of the molecule is COC1CCN(S(=O)(=O)c2cc(Br)ccc2Br)C(CN)C1. The van der Waals surface area contributed by atoms with Gasteiger partial charge < -0.3 is 10.5 Å². The van der Waals surface area contributed by atoms with Crippen LogP contribution in [0.3, 0.4) is 0 Å². The molecule has 8 heteroatoms. The Morgan fingerprint density at radius 1 is 1.43 bits per heavy atom. The maximum Gasteiger partial charge on any atom is 0.244 e. The van der Waals surface area contributed by atoms with Crippen molar-refractivity contribution in [2.45, 2.75) is 29.9 Å². The Hall–Kier alpha value is 0.01000. The molecule has 0 bridgehead atoms. The quantitative estimate of drug-likeness (QED) is 0.778. The van der Waals surface area contributed by atoms with Crippen molar-refractivity contribution in [3.8, 4) is 0 Å². The molecule has 0 amide bonds. The van der Waals surface area contributed by atoms with Crippen molar-refractivity contribution in [2.75, 3.05) is 20.2 Å². The molecular weight excluding hydrogens is 424 g/mol. The number of nitrogens with two attached hydrogens (primary N) is 1. The van der Waals surface area contributed by atoms with Crippen LogP contribution >= 0.6 is 31.9 Å². The van der Waals surface area contributed by atoms with E-state index in [9.17, 15) is 8.42 Å². The molecule has 21 heavy (non-hydrogen) atoms. The summed E-state index contributed by atoms with van der Waals surface area (Å²) in [7, 11) is -1.94. The highest BCUT2D eigenvalue weighted by Crippen LogP contribution is 2.32. The standard InChI is InChI=1S/C13H18Br2N2O3S/c1-20-11-4-5-17(10(7-11)8-16)21(18,19)13-6-9(14)2-3-12(13)15/h2-3,6,10-11H,4-5,7-8,16H2,1H3. The highest BCUT2D eigenvalue weighted by atomic mass is 79.9. The normalized spacial score (nSPS) is 24.2. The molecule has 0 aromatic heterocycles. The van der Waals surface area contributed by atoms with Gasteiger partial charge in [-0.15, -0.1) is 0 Å². The van der Waals surface area contributed by atoms with Gasteiger partial charge in [-0.1, -0.05) is 15.9 Å². The number of rotatable bonds is 4. The van der Waals surface area contributed by atoms with Gasteiger partial charge in [-0.05, 0) is 47.0 Å². The molecule has 1 saturated heterocycles. The molecule has 1 aromatic rings. The lowest BCUT2D eigenvalue weighted by atomic mass is 10.0. The zero-order valence-electron chi connectivity index (χ0n) is 11.6. The highest BCUT2D eigenvalue weighted by molar-refractivity contribution is 9.11. The summed E-state index contributed by atoms with van der Waals surface area (Å²) < 4.78 is 33.9. The van der Waals surface area contributed by atoms with Crippen LogP contribution in [0.4, 0.5) is 0 Å². The predicted octanol–water partition coefficient (Wildman–Crippen LogP) is 2.34. The first-order valence-electron chi connectivity index (χ1n) is 6.60. The monoisotopic (exact) mass is 440 g/mol. The van der Waals surface area contributed by atoms with Crippen LogP contribution in [0.5, 0.6) is 0 Å². The summed E-state index contributed by atoms with van der Waals surface area (Å²) in [6.45, 7) is 0.701. The number of sulfonamides is 1. The van der Waals surface area contributed by atoms with Gasteiger partial charge in [0.25, 0.3) is 0 Å². The first-order chi connectivity index (χ1) is 9.90. The van der Waals surface area contributed by atoms with E-state index in [2.05, 4.69) is 31.9 Å². The van der Waals surface area contributed by atoms with Crippen molar-refractivity contribution in [3.63, 3.8) is 0 Å². The Morgan fingerprint density at radius 3 is 2.76 bits per heavy atom. The average molecular weight is 442 g/mol. The maximum atomic E-state index is 12.9. The van der Waals surface area contributed by atoms with Crippen LogP contribution in [0.15, 0.2) is 32.0 Å².